The first-order valence-electron chi connectivity index (χ1n) is 9.25. The smallest absolute Gasteiger partial charge is 0.301 e. The first kappa shape index (κ1) is 20.8. The second-order valence-electron chi connectivity index (χ2n) is 6.71. The molecule has 0 aliphatic carbocycles. The summed E-state index contributed by atoms with van der Waals surface area (Å²) >= 11 is 11.9. The van der Waals surface area contributed by atoms with Gasteiger partial charge in [-0.1, -0.05) is 53.5 Å². The molecule has 0 aliphatic heterocycles. The highest BCUT2D eigenvalue weighted by Gasteiger charge is 2.17. The van der Waals surface area contributed by atoms with E-state index in [9.17, 15) is 9.59 Å². The Labute approximate surface area is 186 Å². The number of halogens is 2. The number of H-pyrrole nitrogens is 1. The van der Waals surface area contributed by atoms with Crippen molar-refractivity contribution in [3.63, 3.8) is 0 Å². The van der Waals surface area contributed by atoms with Crippen molar-refractivity contribution in [2.24, 2.45) is 10.2 Å². The minimum atomic E-state index is -0.626. The van der Waals surface area contributed by atoms with Crippen LogP contribution in [0.5, 0.6) is 5.75 Å². The molecular weight excluding hydrogens is 439 g/mol. The number of carbonyl (C=O) groups excluding carboxylic acids is 1. The van der Waals surface area contributed by atoms with Crippen LogP contribution in [0.25, 0.3) is 10.8 Å². The summed E-state index contributed by atoms with van der Waals surface area (Å²) in [6.45, 7) is 1.30. The van der Waals surface area contributed by atoms with Crippen LogP contribution in [-0.4, -0.2) is 22.3 Å². The number of benzene rings is 3. The number of azo groups is 1. The van der Waals surface area contributed by atoms with Crippen LogP contribution < -0.4 is 10.3 Å². The predicted octanol–water partition coefficient (Wildman–Crippen LogP) is 6.08. The number of aromatic nitrogens is 2. The lowest BCUT2D eigenvalue weighted by molar-refractivity contribution is 0.0816. The Hall–Kier alpha value is -3.42. The molecule has 0 radical (unpaired) electrons. The van der Waals surface area contributed by atoms with Crippen molar-refractivity contribution in [3.8, 4) is 5.75 Å². The summed E-state index contributed by atoms with van der Waals surface area (Å²) in [5, 5.41) is 13.5. The lowest BCUT2D eigenvalue weighted by Gasteiger charge is -2.06. The van der Waals surface area contributed by atoms with Crippen molar-refractivity contribution in [3.05, 3.63) is 86.8 Å². The number of ether oxygens (including phenoxy) is 1. The van der Waals surface area contributed by atoms with Gasteiger partial charge < -0.3 is 4.74 Å². The molecule has 31 heavy (non-hydrogen) atoms. The zero-order valence-corrected chi connectivity index (χ0v) is 17.8. The highest BCUT2D eigenvalue weighted by molar-refractivity contribution is 6.36. The summed E-state index contributed by atoms with van der Waals surface area (Å²) in [5.41, 5.74) is 0.116. The maximum absolute atomic E-state index is 12.6. The van der Waals surface area contributed by atoms with Crippen molar-refractivity contribution in [1.82, 2.24) is 9.78 Å². The fraction of sp³-hybridized carbons (Fsp3) is 0.0909. The Morgan fingerprint density at radius 1 is 1.03 bits per heavy atom. The van der Waals surface area contributed by atoms with E-state index in [1.165, 1.54) is 6.07 Å². The largest absolute Gasteiger partial charge is 0.484 e. The fourth-order valence-electron chi connectivity index (χ4n) is 2.96. The highest BCUT2D eigenvalue weighted by Crippen LogP contribution is 2.29. The highest BCUT2D eigenvalue weighted by atomic mass is 35.5. The van der Waals surface area contributed by atoms with Gasteiger partial charge in [0.15, 0.2) is 12.3 Å². The summed E-state index contributed by atoms with van der Waals surface area (Å²) in [6.07, 6.45) is 0. The third kappa shape index (κ3) is 4.52. The van der Waals surface area contributed by atoms with Crippen molar-refractivity contribution >= 4 is 51.3 Å². The van der Waals surface area contributed by atoms with E-state index in [0.29, 0.717) is 27.2 Å². The molecule has 0 aliphatic rings. The Kier molecular flexibility index (Phi) is 5.88. The van der Waals surface area contributed by atoms with E-state index in [-0.39, 0.29) is 12.3 Å². The van der Waals surface area contributed by atoms with Crippen LogP contribution in [0, 0.1) is 6.92 Å². The molecule has 0 amide bonds. The number of carbonyl (C=O) groups is 1. The van der Waals surface area contributed by atoms with Gasteiger partial charge in [-0.3, -0.25) is 14.7 Å². The fourth-order valence-corrected chi connectivity index (χ4v) is 3.41. The van der Waals surface area contributed by atoms with Gasteiger partial charge in [0, 0.05) is 5.02 Å². The molecule has 7 nitrogen and oxygen atoms in total. The van der Waals surface area contributed by atoms with Gasteiger partial charge in [-0.05, 0) is 48.0 Å². The number of aromatic amines is 1. The number of aryl methyl sites for hydroxylation is 1. The minimum Gasteiger partial charge on any atom is -0.484 e. The average Bonchev–Trinajstić information content (AvgIpc) is 3.05. The normalized spacial score (nSPS) is 11.3. The van der Waals surface area contributed by atoms with Gasteiger partial charge in [0.2, 0.25) is 0 Å². The molecule has 0 fully saturated rings. The van der Waals surface area contributed by atoms with E-state index in [1.54, 1.807) is 25.1 Å². The molecule has 1 heterocycles. The topological polar surface area (TPSA) is 88.8 Å². The van der Waals surface area contributed by atoms with Gasteiger partial charge in [-0.25, -0.2) is 0 Å². The molecule has 1 aromatic heterocycles. The van der Waals surface area contributed by atoms with E-state index in [0.717, 1.165) is 15.5 Å². The van der Waals surface area contributed by atoms with E-state index >= 15 is 0 Å². The third-order valence-electron chi connectivity index (χ3n) is 4.54. The number of hydrogen-bond donors (Lipinski definition) is 1. The number of hydrogen-bond acceptors (Lipinski definition) is 5. The third-order valence-corrected chi connectivity index (χ3v) is 5.08. The second kappa shape index (κ2) is 8.75. The van der Waals surface area contributed by atoms with Crippen molar-refractivity contribution in [2.45, 2.75) is 6.92 Å². The average molecular weight is 455 g/mol. The molecule has 0 saturated heterocycles. The van der Waals surface area contributed by atoms with Gasteiger partial charge in [0.25, 0.3) is 5.91 Å². The molecule has 0 spiro atoms. The van der Waals surface area contributed by atoms with Crippen molar-refractivity contribution < 1.29 is 9.53 Å². The monoisotopic (exact) mass is 454 g/mol. The standard InChI is InChI=1S/C22H16Cl2N4O3/c1-13-21(26-25-19-9-7-16(23)11-18(19)24)22(30)28(27-13)20(29)12-31-17-8-6-14-4-2-3-5-15(14)10-17/h2-11,27H,12H2,1H3. The van der Waals surface area contributed by atoms with E-state index < -0.39 is 11.5 Å². The summed E-state index contributed by atoms with van der Waals surface area (Å²) in [6, 6.07) is 18.0. The summed E-state index contributed by atoms with van der Waals surface area (Å²) in [4.78, 5) is 25.2. The van der Waals surface area contributed by atoms with Gasteiger partial charge in [0.1, 0.15) is 11.4 Å². The van der Waals surface area contributed by atoms with Crippen LogP contribution in [0.2, 0.25) is 10.0 Å². The number of nitrogens with zero attached hydrogens (tertiary/aromatic N) is 3. The predicted molar refractivity (Wildman–Crippen MR) is 120 cm³/mol. The zero-order valence-electron chi connectivity index (χ0n) is 16.3. The van der Waals surface area contributed by atoms with Crippen LogP contribution in [0.15, 0.2) is 75.7 Å². The van der Waals surface area contributed by atoms with Crippen LogP contribution in [0.4, 0.5) is 11.4 Å². The molecule has 3 aromatic carbocycles. The first-order valence-corrected chi connectivity index (χ1v) is 10.0. The van der Waals surface area contributed by atoms with Crippen molar-refractivity contribution in [2.75, 3.05) is 6.61 Å². The molecule has 0 unspecified atom stereocenters. The molecule has 4 aromatic rings. The molecule has 0 atom stereocenters. The van der Waals surface area contributed by atoms with E-state index in [2.05, 4.69) is 15.3 Å². The second-order valence-corrected chi connectivity index (χ2v) is 7.56. The maximum Gasteiger partial charge on any atom is 0.301 e. The molecule has 0 saturated carbocycles. The first-order chi connectivity index (χ1) is 14.9. The molecule has 156 valence electrons. The summed E-state index contributed by atoms with van der Waals surface area (Å²) < 4.78 is 6.43. The number of fused-ring (bicyclic) bond motifs is 1. The quantitative estimate of drug-likeness (QED) is 0.370. The van der Waals surface area contributed by atoms with Gasteiger partial charge >= 0.3 is 5.56 Å². The Morgan fingerprint density at radius 3 is 2.58 bits per heavy atom. The molecule has 0 bridgehead atoms. The Balaban J connectivity index is 1.51. The van der Waals surface area contributed by atoms with Crippen molar-refractivity contribution in [1.29, 1.82) is 0 Å². The molecule has 1 N–H and O–H groups in total. The minimum absolute atomic E-state index is 0.00470. The van der Waals surface area contributed by atoms with E-state index in [1.807, 2.05) is 36.4 Å². The van der Waals surface area contributed by atoms with Gasteiger partial charge in [-0.2, -0.15) is 4.68 Å². The summed E-state index contributed by atoms with van der Waals surface area (Å²) in [7, 11) is 0. The van der Waals surface area contributed by atoms with Crippen LogP contribution in [0.3, 0.4) is 0 Å². The van der Waals surface area contributed by atoms with Gasteiger partial charge in [-0.15, -0.1) is 10.2 Å². The van der Waals surface area contributed by atoms with Gasteiger partial charge in [0.05, 0.1) is 10.7 Å². The Morgan fingerprint density at radius 2 is 1.81 bits per heavy atom. The summed E-state index contributed by atoms with van der Waals surface area (Å²) in [5.74, 6) is -0.0343. The lowest BCUT2D eigenvalue weighted by atomic mass is 10.1. The van der Waals surface area contributed by atoms with Crippen LogP contribution >= 0.6 is 23.2 Å². The SMILES string of the molecule is Cc1[nH]n(C(=O)COc2ccc3ccccc3c2)c(=O)c1N=Nc1ccc(Cl)cc1Cl. The molecule has 9 heteroatoms. The van der Waals surface area contributed by atoms with E-state index in [4.69, 9.17) is 27.9 Å². The number of nitrogens with one attached hydrogen (secondary N) is 1. The number of rotatable bonds is 5. The maximum atomic E-state index is 12.6. The molecular formula is C22H16Cl2N4O3. The van der Waals surface area contributed by atoms with Crippen LogP contribution in [-0.2, 0) is 0 Å². The molecule has 4 rings (SSSR count). The zero-order chi connectivity index (χ0) is 22.0. The Bertz CT molecular complexity index is 1370. The van der Waals surface area contributed by atoms with Crippen LogP contribution in [0.1, 0.15) is 10.5 Å². The lowest BCUT2D eigenvalue weighted by Crippen LogP contribution is -2.29.